The van der Waals surface area contributed by atoms with Crippen LogP contribution < -0.4 is 15.5 Å². The number of amides is 1. The highest BCUT2D eigenvalue weighted by Gasteiger charge is 2.18. The van der Waals surface area contributed by atoms with Crippen LogP contribution in [0.15, 0.2) is 48.5 Å². The van der Waals surface area contributed by atoms with Crippen molar-refractivity contribution in [2.24, 2.45) is 0 Å². The molecule has 3 rings (SSSR count). The van der Waals surface area contributed by atoms with Crippen LogP contribution in [-0.2, 0) is 17.6 Å². The molecule has 1 saturated heterocycles. The largest absolute Gasteiger partial charge is 0.371 e. The molecule has 1 heterocycles. The second-order valence-corrected chi connectivity index (χ2v) is 8.77. The molecule has 0 radical (unpaired) electrons. The van der Waals surface area contributed by atoms with Gasteiger partial charge in [0.1, 0.15) is 5.82 Å². The summed E-state index contributed by atoms with van der Waals surface area (Å²) in [7, 11) is 0. The first-order valence-corrected chi connectivity index (χ1v) is 12.1. The van der Waals surface area contributed by atoms with Crippen molar-refractivity contribution in [2.45, 2.75) is 31.7 Å². The molecule has 30 heavy (non-hydrogen) atoms. The van der Waals surface area contributed by atoms with Crippen LogP contribution in [0.4, 0.5) is 10.1 Å². The minimum atomic E-state index is -0.241. The molecule has 2 aromatic carbocycles. The van der Waals surface area contributed by atoms with Crippen LogP contribution in [0.25, 0.3) is 0 Å². The summed E-state index contributed by atoms with van der Waals surface area (Å²) in [5.41, 5.74) is 3.13. The van der Waals surface area contributed by atoms with Crippen molar-refractivity contribution < 1.29 is 9.18 Å². The number of thioether (sulfide) groups is 1. The number of hydrogen-bond donors (Lipinski definition) is 2. The smallest absolute Gasteiger partial charge is 0.224 e. The second-order valence-electron chi connectivity index (χ2n) is 7.78. The summed E-state index contributed by atoms with van der Waals surface area (Å²) in [5.74, 6) is 0.923. The van der Waals surface area contributed by atoms with E-state index in [0.29, 0.717) is 25.4 Å². The predicted octanol–water partition coefficient (Wildman–Crippen LogP) is 3.65. The van der Waals surface area contributed by atoms with E-state index in [-0.39, 0.29) is 11.7 Å². The number of carbonyl (C=O) groups is 1. The van der Waals surface area contributed by atoms with Gasteiger partial charge in [0.05, 0.1) is 6.42 Å². The molecule has 1 aliphatic heterocycles. The molecular formula is C24H32FN3OS. The summed E-state index contributed by atoms with van der Waals surface area (Å²) in [6.07, 6.45) is 5.48. The SMILES string of the molecule is CSCCNC1CCN(c2ccc(CC(=O)NCCc3cccc(F)c3)cc2)CC1. The molecule has 0 saturated carbocycles. The topological polar surface area (TPSA) is 44.4 Å². The van der Waals surface area contributed by atoms with Crippen LogP contribution in [-0.4, -0.2) is 50.1 Å². The number of hydrogen-bond acceptors (Lipinski definition) is 4. The van der Waals surface area contributed by atoms with E-state index >= 15 is 0 Å². The van der Waals surface area contributed by atoms with Crippen LogP contribution in [0.1, 0.15) is 24.0 Å². The highest BCUT2D eigenvalue weighted by molar-refractivity contribution is 7.98. The van der Waals surface area contributed by atoms with Crippen molar-refractivity contribution in [3.63, 3.8) is 0 Å². The molecule has 1 fully saturated rings. The number of nitrogens with zero attached hydrogens (tertiary/aromatic N) is 1. The monoisotopic (exact) mass is 429 g/mol. The van der Waals surface area contributed by atoms with Crippen molar-refractivity contribution in [1.29, 1.82) is 0 Å². The predicted molar refractivity (Wildman–Crippen MR) is 125 cm³/mol. The third kappa shape index (κ3) is 7.33. The zero-order valence-electron chi connectivity index (χ0n) is 17.7. The summed E-state index contributed by atoms with van der Waals surface area (Å²) in [6, 6.07) is 15.5. The van der Waals surface area contributed by atoms with Gasteiger partial charge in [-0.25, -0.2) is 4.39 Å². The van der Waals surface area contributed by atoms with E-state index < -0.39 is 0 Å². The standard InChI is InChI=1S/C24H32FN3OS/c1-30-16-13-26-22-10-14-28(15-11-22)23-7-5-20(6-8-23)18-24(29)27-12-9-19-3-2-4-21(25)17-19/h2-8,17,22,26H,9-16,18H2,1H3,(H,27,29). The van der Waals surface area contributed by atoms with Crippen molar-refractivity contribution in [2.75, 3.05) is 43.1 Å². The quantitative estimate of drug-likeness (QED) is 0.566. The Balaban J connectivity index is 1.38. The normalized spacial score (nSPS) is 14.7. The van der Waals surface area contributed by atoms with Gasteiger partial charge in [-0.3, -0.25) is 4.79 Å². The van der Waals surface area contributed by atoms with Crippen molar-refractivity contribution in [3.8, 4) is 0 Å². The molecule has 2 aromatic rings. The maximum Gasteiger partial charge on any atom is 0.224 e. The molecule has 0 bridgehead atoms. The fraction of sp³-hybridized carbons (Fsp3) is 0.458. The van der Waals surface area contributed by atoms with Crippen LogP contribution in [0.5, 0.6) is 0 Å². The number of halogens is 1. The minimum Gasteiger partial charge on any atom is -0.371 e. The van der Waals surface area contributed by atoms with Gasteiger partial charge in [-0.05, 0) is 60.9 Å². The third-order valence-corrected chi connectivity index (χ3v) is 6.14. The molecular weight excluding hydrogens is 397 g/mol. The molecule has 4 nitrogen and oxygen atoms in total. The van der Waals surface area contributed by atoms with Gasteiger partial charge < -0.3 is 15.5 Å². The van der Waals surface area contributed by atoms with Gasteiger partial charge in [0.15, 0.2) is 0 Å². The van der Waals surface area contributed by atoms with Crippen molar-refractivity contribution >= 4 is 23.4 Å². The summed E-state index contributed by atoms with van der Waals surface area (Å²) in [4.78, 5) is 14.6. The Labute approximate surface area is 183 Å². The summed E-state index contributed by atoms with van der Waals surface area (Å²) < 4.78 is 13.2. The van der Waals surface area contributed by atoms with E-state index in [1.54, 1.807) is 6.07 Å². The third-order valence-electron chi connectivity index (χ3n) is 5.53. The van der Waals surface area contributed by atoms with Gasteiger partial charge in [-0.15, -0.1) is 0 Å². The maximum absolute atomic E-state index is 13.2. The average Bonchev–Trinajstić information content (AvgIpc) is 2.75. The zero-order valence-corrected chi connectivity index (χ0v) is 18.5. The lowest BCUT2D eigenvalue weighted by molar-refractivity contribution is -0.120. The molecule has 0 aromatic heterocycles. The zero-order chi connectivity index (χ0) is 21.2. The van der Waals surface area contributed by atoms with E-state index in [2.05, 4.69) is 33.9 Å². The average molecular weight is 430 g/mol. The minimum absolute atomic E-state index is 0.00344. The molecule has 1 aliphatic rings. The van der Waals surface area contributed by atoms with Gasteiger partial charge in [0.2, 0.25) is 5.91 Å². The van der Waals surface area contributed by atoms with Crippen molar-refractivity contribution in [3.05, 3.63) is 65.5 Å². The molecule has 1 amide bonds. The maximum atomic E-state index is 13.2. The number of anilines is 1. The Morgan fingerprint density at radius 2 is 1.87 bits per heavy atom. The number of piperidine rings is 1. The van der Waals surface area contributed by atoms with Crippen molar-refractivity contribution in [1.82, 2.24) is 10.6 Å². The fourth-order valence-electron chi connectivity index (χ4n) is 3.82. The number of nitrogens with one attached hydrogen (secondary N) is 2. The molecule has 0 unspecified atom stereocenters. The van der Waals surface area contributed by atoms with Crippen LogP contribution in [0.2, 0.25) is 0 Å². The van der Waals surface area contributed by atoms with Gasteiger partial charge in [0.25, 0.3) is 0 Å². The fourth-order valence-corrected chi connectivity index (χ4v) is 4.14. The molecule has 162 valence electrons. The van der Waals surface area contributed by atoms with Gasteiger partial charge >= 0.3 is 0 Å². The Kier molecular flexibility index (Phi) is 9.02. The first kappa shape index (κ1) is 22.6. The summed E-state index contributed by atoms with van der Waals surface area (Å²) >= 11 is 1.88. The van der Waals surface area contributed by atoms with E-state index in [4.69, 9.17) is 0 Å². The van der Waals surface area contributed by atoms with Gasteiger partial charge in [-0.1, -0.05) is 24.3 Å². The van der Waals surface area contributed by atoms with E-state index in [1.165, 1.54) is 36.4 Å². The molecule has 2 N–H and O–H groups in total. The van der Waals surface area contributed by atoms with Crippen LogP contribution >= 0.6 is 11.8 Å². The lowest BCUT2D eigenvalue weighted by Gasteiger charge is -2.34. The summed E-state index contributed by atoms with van der Waals surface area (Å²) in [5, 5.41) is 6.57. The van der Waals surface area contributed by atoms with E-state index in [0.717, 1.165) is 30.8 Å². The highest BCUT2D eigenvalue weighted by Crippen LogP contribution is 2.21. The molecule has 0 spiro atoms. The van der Waals surface area contributed by atoms with E-state index in [9.17, 15) is 9.18 Å². The highest BCUT2D eigenvalue weighted by atomic mass is 32.2. The van der Waals surface area contributed by atoms with Crippen LogP contribution in [0.3, 0.4) is 0 Å². The number of benzene rings is 2. The Hall–Kier alpha value is -2.05. The van der Waals surface area contributed by atoms with Gasteiger partial charge in [-0.2, -0.15) is 11.8 Å². The van der Waals surface area contributed by atoms with Crippen LogP contribution in [0, 0.1) is 5.82 Å². The first-order chi connectivity index (χ1) is 14.6. The van der Waals surface area contributed by atoms with Gasteiger partial charge in [0, 0.05) is 43.7 Å². The lowest BCUT2D eigenvalue weighted by atomic mass is 10.0. The Morgan fingerprint density at radius 1 is 1.10 bits per heavy atom. The first-order valence-electron chi connectivity index (χ1n) is 10.7. The Morgan fingerprint density at radius 3 is 2.57 bits per heavy atom. The summed E-state index contributed by atoms with van der Waals surface area (Å²) in [6.45, 7) is 3.73. The molecule has 0 atom stereocenters. The second kappa shape index (κ2) is 12.0. The van der Waals surface area contributed by atoms with E-state index in [1.807, 2.05) is 30.0 Å². The molecule has 6 heteroatoms. The number of rotatable bonds is 10. The Bertz CT molecular complexity index is 791. The number of carbonyl (C=O) groups excluding carboxylic acids is 1. The molecule has 0 aliphatic carbocycles. The lowest BCUT2D eigenvalue weighted by Crippen LogP contribution is -2.43.